The van der Waals surface area contributed by atoms with Gasteiger partial charge in [-0.25, -0.2) is 0 Å². The van der Waals surface area contributed by atoms with E-state index in [4.69, 9.17) is 9.47 Å². The van der Waals surface area contributed by atoms with Crippen LogP contribution in [0.4, 0.5) is 5.69 Å². The van der Waals surface area contributed by atoms with E-state index < -0.39 is 0 Å². The summed E-state index contributed by atoms with van der Waals surface area (Å²) in [7, 11) is 3.38. The second-order valence-corrected chi connectivity index (χ2v) is 9.12. The number of carbonyl (C=O) groups excluding carboxylic acids is 1. The van der Waals surface area contributed by atoms with E-state index in [0.29, 0.717) is 13.0 Å². The maximum atomic E-state index is 12.5. The lowest BCUT2D eigenvalue weighted by Crippen LogP contribution is -2.46. The van der Waals surface area contributed by atoms with Crippen molar-refractivity contribution in [1.82, 2.24) is 10.2 Å². The number of para-hydroxylation sites is 1. The van der Waals surface area contributed by atoms with Gasteiger partial charge in [0.2, 0.25) is 5.91 Å². The van der Waals surface area contributed by atoms with Gasteiger partial charge >= 0.3 is 0 Å². The van der Waals surface area contributed by atoms with E-state index in [1.165, 1.54) is 5.69 Å². The molecule has 0 aliphatic carbocycles. The number of nitrogens with one attached hydrogen (secondary N) is 1. The zero-order chi connectivity index (χ0) is 25.2. The van der Waals surface area contributed by atoms with E-state index in [0.717, 1.165) is 73.8 Å². The van der Waals surface area contributed by atoms with E-state index in [9.17, 15) is 4.79 Å². The third-order valence-electron chi connectivity index (χ3n) is 6.83. The van der Waals surface area contributed by atoms with Crippen LogP contribution in [0.2, 0.25) is 0 Å². The van der Waals surface area contributed by atoms with Crippen LogP contribution in [0.5, 0.6) is 11.5 Å². The van der Waals surface area contributed by atoms with Crippen LogP contribution in [0.15, 0.2) is 72.8 Å². The standard InChI is InChI=1S/C30H37N3O3/c1-35-26-16-14-25(15-17-26)33-21-19-32(20-22-33)18-8-7-13-30(34)31-23-24-9-3-4-10-27(24)28-11-5-6-12-29(28)36-2/h3-6,9-12,14-17H,7-8,13,18-23H2,1-2H3,(H,31,34). The van der Waals surface area contributed by atoms with Crippen LogP contribution in [0.3, 0.4) is 0 Å². The first-order chi connectivity index (χ1) is 17.7. The molecule has 6 heteroatoms. The minimum atomic E-state index is 0.106. The number of hydrogen-bond donors (Lipinski definition) is 1. The van der Waals surface area contributed by atoms with Crippen molar-refractivity contribution < 1.29 is 14.3 Å². The zero-order valence-electron chi connectivity index (χ0n) is 21.4. The fourth-order valence-corrected chi connectivity index (χ4v) is 4.73. The SMILES string of the molecule is COc1ccc(N2CCN(CCCCC(=O)NCc3ccccc3-c3ccccc3OC)CC2)cc1. The number of nitrogens with zero attached hydrogens (tertiary/aromatic N) is 2. The number of hydrogen-bond acceptors (Lipinski definition) is 5. The molecule has 0 bridgehead atoms. The van der Waals surface area contributed by atoms with Crippen molar-refractivity contribution in [3.63, 3.8) is 0 Å². The molecule has 3 aromatic rings. The largest absolute Gasteiger partial charge is 0.497 e. The Morgan fingerprint density at radius 3 is 2.22 bits per heavy atom. The summed E-state index contributed by atoms with van der Waals surface area (Å²) in [5.41, 5.74) is 4.46. The van der Waals surface area contributed by atoms with Gasteiger partial charge in [0.25, 0.3) is 0 Å². The highest BCUT2D eigenvalue weighted by Crippen LogP contribution is 2.32. The molecule has 1 heterocycles. The number of amides is 1. The van der Waals surface area contributed by atoms with Gasteiger partial charge < -0.3 is 19.7 Å². The Bertz CT molecular complexity index is 1110. The lowest BCUT2D eigenvalue weighted by Gasteiger charge is -2.36. The molecule has 1 fully saturated rings. The van der Waals surface area contributed by atoms with Gasteiger partial charge in [0.1, 0.15) is 11.5 Å². The first-order valence-corrected chi connectivity index (χ1v) is 12.8. The summed E-state index contributed by atoms with van der Waals surface area (Å²) in [6.45, 7) is 5.72. The molecule has 1 aliphatic rings. The molecule has 0 atom stereocenters. The van der Waals surface area contributed by atoms with Crippen molar-refractivity contribution in [2.45, 2.75) is 25.8 Å². The minimum Gasteiger partial charge on any atom is -0.497 e. The van der Waals surface area contributed by atoms with Gasteiger partial charge in [-0.1, -0.05) is 42.5 Å². The molecule has 1 saturated heterocycles. The number of unbranched alkanes of at least 4 members (excludes halogenated alkanes) is 1. The molecular weight excluding hydrogens is 450 g/mol. The highest BCUT2D eigenvalue weighted by Gasteiger charge is 2.17. The van der Waals surface area contributed by atoms with Crippen LogP contribution in [0.25, 0.3) is 11.1 Å². The van der Waals surface area contributed by atoms with Crippen molar-refractivity contribution >= 4 is 11.6 Å². The predicted molar refractivity (Wildman–Crippen MR) is 146 cm³/mol. The molecule has 1 aliphatic heterocycles. The van der Waals surface area contributed by atoms with E-state index >= 15 is 0 Å². The molecule has 6 nitrogen and oxygen atoms in total. The first kappa shape index (κ1) is 25.6. The number of ether oxygens (including phenoxy) is 2. The molecule has 0 aromatic heterocycles. The number of methoxy groups -OCH3 is 2. The zero-order valence-corrected chi connectivity index (χ0v) is 21.4. The van der Waals surface area contributed by atoms with Crippen LogP contribution in [0.1, 0.15) is 24.8 Å². The van der Waals surface area contributed by atoms with Gasteiger partial charge in [-0.3, -0.25) is 9.69 Å². The van der Waals surface area contributed by atoms with Crippen LogP contribution in [0, 0.1) is 0 Å². The molecule has 1 N–H and O–H groups in total. The summed E-state index contributed by atoms with van der Waals surface area (Å²) in [5, 5.41) is 3.11. The summed E-state index contributed by atoms with van der Waals surface area (Å²) >= 11 is 0. The van der Waals surface area contributed by atoms with E-state index in [2.05, 4.69) is 45.4 Å². The lowest BCUT2D eigenvalue weighted by molar-refractivity contribution is -0.121. The van der Waals surface area contributed by atoms with Gasteiger partial charge in [0.15, 0.2) is 0 Å². The highest BCUT2D eigenvalue weighted by molar-refractivity contribution is 5.77. The highest BCUT2D eigenvalue weighted by atomic mass is 16.5. The smallest absolute Gasteiger partial charge is 0.220 e. The molecule has 0 saturated carbocycles. The van der Waals surface area contributed by atoms with E-state index in [1.807, 2.05) is 42.5 Å². The Kier molecular flexibility index (Phi) is 9.22. The maximum Gasteiger partial charge on any atom is 0.220 e. The Hall–Kier alpha value is -3.51. The Balaban J connectivity index is 1.16. The molecule has 3 aromatic carbocycles. The third-order valence-corrected chi connectivity index (χ3v) is 6.83. The number of benzene rings is 3. The molecule has 0 radical (unpaired) electrons. The average molecular weight is 488 g/mol. The third kappa shape index (κ3) is 6.79. The van der Waals surface area contributed by atoms with Gasteiger partial charge in [-0.05, 0) is 60.8 Å². The number of carbonyl (C=O) groups is 1. The lowest BCUT2D eigenvalue weighted by atomic mass is 9.98. The van der Waals surface area contributed by atoms with Crippen molar-refractivity contribution in [2.75, 3.05) is 51.8 Å². The molecule has 0 spiro atoms. The number of piperazine rings is 1. The van der Waals surface area contributed by atoms with Crippen molar-refractivity contribution in [3.05, 3.63) is 78.4 Å². The Morgan fingerprint density at radius 1 is 0.806 bits per heavy atom. The first-order valence-electron chi connectivity index (χ1n) is 12.8. The number of rotatable bonds is 11. The summed E-state index contributed by atoms with van der Waals surface area (Å²) in [6.07, 6.45) is 2.50. The van der Waals surface area contributed by atoms with Crippen molar-refractivity contribution in [1.29, 1.82) is 0 Å². The molecule has 0 unspecified atom stereocenters. The van der Waals surface area contributed by atoms with Gasteiger partial charge in [-0.15, -0.1) is 0 Å². The monoisotopic (exact) mass is 487 g/mol. The minimum absolute atomic E-state index is 0.106. The summed E-state index contributed by atoms with van der Waals surface area (Å²) in [4.78, 5) is 17.4. The second kappa shape index (κ2) is 13.0. The van der Waals surface area contributed by atoms with Gasteiger partial charge in [0.05, 0.1) is 14.2 Å². The van der Waals surface area contributed by atoms with Crippen molar-refractivity contribution in [2.24, 2.45) is 0 Å². The topological polar surface area (TPSA) is 54.0 Å². The van der Waals surface area contributed by atoms with Crippen LogP contribution < -0.4 is 19.7 Å². The quantitative estimate of drug-likeness (QED) is 0.387. The molecule has 190 valence electrons. The summed E-state index contributed by atoms with van der Waals surface area (Å²) in [5.74, 6) is 1.83. The second-order valence-electron chi connectivity index (χ2n) is 9.12. The molecule has 36 heavy (non-hydrogen) atoms. The summed E-state index contributed by atoms with van der Waals surface area (Å²) < 4.78 is 10.8. The Morgan fingerprint density at radius 2 is 1.50 bits per heavy atom. The summed E-state index contributed by atoms with van der Waals surface area (Å²) in [6, 6.07) is 24.4. The van der Waals surface area contributed by atoms with Crippen LogP contribution in [-0.4, -0.2) is 57.8 Å². The fourth-order valence-electron chi connectivity index (χ4n) is 4.73. The van der Waals surface area contributed by atoms with Crippen LogP contribution >= 0.6 is 0 Å². The van der Waals surface area contributed by atoms with Crippen molar-refractivity contribution in [3.8, 4) is 22.6 Å². The van der Waals surface area contributed by atoms with Crippen LogP contribution in [-0.2, 0) is 11.3 Å². The van der Waals surface area contributed by atoms with E-state index in [1.54, 1.807) is 14.2 Å². The Labute approximate surface area is 214 Å². The predicted octanol–water partition coefficient (Wildman–Crippen LogP) is 4.98. The van der Waals surface area contributed by atoms with E-state index in [-0.39, 0.29) is 5.91 Å². The molecule has 1 amide bonds. The molecule has 4 rings (SSSR count). The van der Waals surface area contributed by atoms with Gasteiger partial charge in [-0.2, -0.15) is 0 Å². The fraction of sp³-hybridized carbons (Fsp3) is 0.367. The van der Waals surface area contributed by atoms with Gasteiger partial charge in [0, 0.05) is 50.4 Å². The average Bonchev–Trinajstić information content (AvgIpc) is 2.94. The number of anilines is 1. The normalized spacial score (nSPS) is 13.9. The molecular formula is C30H37N3O3. The maximum absolute atomic E-state index is 12.5.